The highest BCUT2D eigenvalue weighted by atomic mass is 31.1. The number of aryl methyl sites for hydroxylation is 8. The van der Waals surface area contributed by atoms with E-state index in [-0.39, 0.29) is 48.8 Å². The van der Waals surface area contributed by atoms with E-state index in [2.05, 4.69) is 390 Å². The van der Waals surface area contributed by atoms with E-state index < -0.39 is 0 Å². The summed E-state index contributed by atoms with van der Waals surface area (Å²) in [6.45, 7) is 86.2. The zero-order valence-electron chi connectivity index (χ0n) is 84.9. The van der Waals surface area contributed by atoms with Crippen LogP contribution in [-0.4, -0.2) is 124 Å². The maximum Gasteiger partial charge on any atom is 0.188 e. The molecule has 0 aliphatic rings. The standard InChI is InChI=1S/C30H48NO2P.2C27H42NO2P.C24H36NO2P/c1-20(2)31(21(3)4)18-23-15-13-14-22(5)28(23)34-26-17-24(29(6,7)8)16-25(30(9,10)11)27(26)33-19-32-12;1-18(2)28(19(3)4)16-22-13-11-12-21(6)26(22)31-24-15-20(5)14-23(27(7,8)9)25(24)30-17-29-10;1-18(2)28(19(3)4)16-22-13-11-12-20(5)26(22)31-24-15-23(27(7,8)9)14-21(6)25(24)30-17-29-10;1-16(2)25(17(3)4)14-21-11-9-10-19(6)24(21)28-22-13-18(5)12-20(7)23(22)27-15-26-8/h13-17,20-21,34H,18-19H2,1-12H3;2*11-15,18-19,31H,16-17H2,1-10H3;9-13,16-17,28H,14-15H2,1-8H3. The lowest BCUT2D eigenvalue weighted by molar-refractivity contribution is 0.0504. The maximum atomic E-state index is 6.30. The minimum atomic E-state index is -0.0375. The predicted molar refractivity (Wildman–Crippen MR) is 548 cm³/mol. The fourth-order valence-electron chi connectivity index (χ4n) is 16.0. The molecule has 0 heterocycles. The van der Waals surface area contributed by atoms with Crippen LogP contribution in [0.5, 0.6) is 23.0 Å². The summed E-state index contributed by atoms with van der Waals surface area (Å²) in [5, 5.41) is 10.8. The number of nitrogens with zero attached hydrogens (tertiary/aromatic N) is 4. The molecule has 0 saturated carbocycles. The SMILES string of the molecule is COCOc1c(C)cc(C(C)(C)C)cc1Pc1c(C)cccc1CN(C(C)C)C(C)C.COCOc1c(C)cc(C)cc1Pc1c(C)cccc1CN(C(C)C)C(C)C.COCOc1c(Pc2c(C)cccc2CN(C(C)C)C(C)C)cc(C(C)(C)C)cc1C(C)(C)C.COCOc1c(Pc2c(C)cccc2CN(C(C)C)C(C)C)cc(C)cc1C(C)(C)C. The Kier molecular flexibility index (Phi) is 43.9. The highest BCUT2D eigenvalue weighted by Crippen LogP contribution is 2.41. The van der Waals surface area contributed by atoms with Crippen LogP contribution in [0.1, 0.15) is 283 Å². The van der Waals surface area contributed by atoms with Crippen LogP contribution in [0.4, 0.5) is 0 Å². The molecule has 0 aromatic heterocycles. The first-order chi connectivity index (χ1) is 57.8. The number of benzene rings is 8. The molecule has 0 spiro atoms. The van der Waals surface area contributed by atoms with Crippen molar-refractivity contribution in [2.75, 3.05) is 55.6 Å². The molecule has 4 unspecified atom stereocenters. The van der Waals surface area contributed by atoms with Crippen LogP contribution in [0.2, 0.25) is 0 Å². The van der Waals surface area contributed by atoms with Crippen molar-refractivity contribution in [1.29, 1.82) is 0 Å². The zero-order valence-corrected chi connectivity index (χ0v) is 88.9. The van der Waals surface area contributed by atoms with Gasteiger partial charge in [0, 0.05) is 135 Å². The first kappa shape index (κ1) is 109. The van der Waals surface area contributed by atoms with E-state index in [1.807, 2.05) is 0 Å². The van der Waals surface area contributed by atoms with E-state index in [1.54, 1.807) is 28.4 Å². The highest BCUT2D eigenvalue weighted by molar-refractivity contribution is 7.57. The van der Waals surface area contributed by atoms with Crippen LogP contribution in [0.25, 0.3) is 0 Å². The van der Waals surface area contributed by atoms with Crippen molar-refractivity contribution in [3.63, 3.8) is 0 Å². The Morgan fingerprint density at radius 3 is 0.742 bits per heavy atom. The monoisotopic (exact) mass is 1770 g/mol. The molecular weight excluding hydrogens is 1610 g/mol. The fraction of sp³-hybridized carbons (Fsp3) is 0.556. The van der Waals surface area contributed by atoms with Crippen LogP contribution in [0, 0.1) is 55.4 Å². The second kappa shape index (κ2) is 49.9. The molecule has 12 nitrogen and oxygen atoms in total. The predicted octanol–water partition coefficient (Wildman–Crippen LogP) is 23.3. The average molecular weight is 1770 g/mol. The van der Waals surface area contributed by atoms with Gasteiger partial charge in [-0.2, -0.15) is 0 Å². The molecule has 0 fully saturated rings. The molecular formula is C108H168N4O8P4. The van der Waals surface area contributed by atoms with Crippen LogP contribution in [0.3, 0.4) is 0 Å². The van der Waals surface area contributed by atoms with E-state index in [1.165, 1.54) is 131 Å². The van der Waals surface area contributed by atoms with Crippen molar-refractivity contribution in [2.45, 2.75) is 345 Å². The third kappa shape index (κ3) is 32.5. The van der Waals surface area contributed by atoms with Gasteiger partial charge in [0.1, 0.15) is 23.0 Å². The van der Waals surface area contributed by atoms with Gasteiger partial charge in [-0.05, 0) is 311 Å². The maximum absolute atomic E-state index is 6.30. The highest BCUT2D eigenvalue weighted by Gasteiger charge is 2.31. The molecule has 0 N–H and O–H groups in total. The Labute approximate surface area is 763 Å². The topological polar surface area (TPSA) is 86.8 Å². The second-order valence-corrected chi connectivity index (χ2v) is 45.5. The smallest absolute Gasteiger partial charge is 0.188 e. The molecule has 124 heavy (non-hydrogen) atoms. The molecule has 0 saturated heterocycles. The molecule has 8 rings (SSSR count). The summed E-state index contributed by atoms with van der Waals surface area (Å²) < 4.78 is 45.5. The van der Waals surface area contributed by atoms with Crippen molar-refractivity contribution in [1.82, 2.24) is 19.6 Å². The lowest BCUT2D eigenvalue weighted by Crippen LogP contribution is -2.37. The zero-order chi connectivity index (χ0) is 93.4. The number of hydrogen-bond acceptors (Lipinski definition) is 12. The minimum absolute atomic E-state index is 0.00499. The van der Waals surface area contributed by atoms with Gasteiger partial charge in [-0.15, -0.1) is 0 Å². The van der Waals surface area contributed by atoms with Gasteiger partial charge in [0.15, 0.2) is 27.2 Å². The number of rotatable bonds is 36. The minimum Gasteiger partial charge on any atom is -0.467 e. The average Bonchev–Trinajstić information content (AvgIpc) is 0.778. The van der Waals surface area contributed by atoms with Gasteiger partial charge in [0.2, 0.25) is 0 Å². The van der Waals surface area contributed by atoms with Gasteiger partial charge in [-0.1, -0.05) is 214 Å². The lowest BCUT2D eigenvalue weighted by atomic mass is 9.80. The molecule has 0 aliphatic heterocycles. The fourth-order valence-corrected chi connectivity index (χ4v) is 21.9. The first-order valence-corrected chi connectivity index (χ1v) is 49.3. The molecule has 0 bridgehead atoms. The summed E-state index contributed by atoms with van der Waals surface area (Å²) in [5.74, 6) is 3.90. The van der Waals surface area contributed by atoms with E-state index >= 15 is 0 Å². The van der Waals surface area contributed by atoms with Crippen molar-refractivity contribution in [3.8, 4) is 23.0 Å². The molecule has 16 heteroatoms. The van der Waals surface area contributed by atoms with Crippen LogP contribution in [0.15, 0.2) is 121 Å². The Bertz CT molecular complexity index is 4530. The van der Waals surface area contributed by atoms with Gasteiger partial charge in [-0.25, -0.2) is 0 Å². The Morgan fingerprint density at radius 2 is 0.484 bits per heavy atom. The summed E-state index contributed by atoms with van der Waals surface area (Å²) in [6, 6.07) is 49.2. The molecule has 8 aromatic carbocycles. The molecule has 0 radical (unpaired) electrons. The third-order valence-corrected chi connectivity index (χ3v) is 29.3. The van der Waals surface area contributed by atoms with Gasteiger partial charge in [-0.3, -0.25) is 19.6 Å². The van der Waals surface area contributed by atoms with Crippen molar-refractivity contribution in [2.24, 2.45) is 0 Å². The number of ether oxygens (including phenoxy) is 8. The van der Waals surface area contributed by atoms with E-state index in [9.17, 15) is 0 Å². The number of hydrogen-bond donors (Lipinski definition) is 0. The normalized spacial score (nSPS) is 12.7. The van der Waals surface area contributed by atoms with Gasteiger partial charge in [0.05, 0.1) is 0 Å². The second-order valence-electron chi connectivity index (χ2n) is 40.3. The summed E-state index contributed by atoms with van der Waals surface area (Å²) in [6.07, 6.45) is 0. The number of methoxy groups -OCH3 is 4. The van der Waals surface area contributed by atoms with Gasteiger partial charge in [0.25, 0.3) is 0 Å². The van der Waals surface area contributed by atoms with E-state index in [4.69, 9.17) is 37.9 Å². The molecule has 8 aromatic rings. The summed E-state index contributed by atoms with van der Waals surface area (Å²) in [5.41, 5.74) is 21.2. The van der Waals surface area contributed by atoms with Crippen LogP contribution >= 0.6 is 34.3 Å². The molecule has 4 atom stereocenters. The molecule has 688 valence electrons. The molecule has 0 aliphatic carbocycles. The van der Waals surface area contributed by atoms with Crippen LogP contribution in [-0.2, 0) is 66.8 Å². The van der Waals surface area contributed by atoms with Gasteiger partial charge < -0.3 is 37.9 Å². The van der Waals surface area contributed by atoms with Crippen molar-refractivity contribution >= 4 is 76.8 Å². The Morgan fingerprint density at radius 1 is 0.258 bits per heavy atom. The summed E-state index contributed by atoms with van der Waals surface area (Å²) in [7, 11) is 8.85. The summed E-state index contributed by atoms with van der Waals surface area (Å²) in [4.78, 5) is 10.2. The van der Waals surface area contributed by atoms with Crippen LogP contribution < -0.4 is 61.4 Å². The van der Waals surface area contributed by atoms with Crippen molar-refractivity contribution < 1.29 is 37.9 Å². The Hall–Kier alpha value is -5.64. The largest absolute Gasteiger partial charge is 0.467 e. The Balaban J connectivity index is 0.000000294. The first-order valence-electron chi connectivity index (χ1n) is 45.3. The van der Waals surface area contributed by atoms with Crippen molar-refractivity contribution in [3.05, 3.63) is 210 Å². The summed E-state index contributed by atoms with van der Waals surface area (Å²) >= 11 is 0. The van der Waals surface area contributed by atoms with E-state index in [0.717, 1.165) is 49.2 Å². The molecule has 0 amide bonds. The third-order valence-electron chi connectivity index (χ3n) is 22.8. The quantitative estimate of drug-likeness (QED) is 0.0277. The van der Waals surface area contributed by atoms with Gasteiger partial charge >= 0.3 is 0 Å². The van der Waals surface area contributed by atoms with E-state index in [0.29, 0.717) is 82.7 Å². The lowest BCUT2D eigenvalue weighted by Gasteiger charge is -2.32.